The van der Waals surface area contributed by atoms with Crippen molar-refractivity contribution in [3.63, 3.8) is 0 Å². The molecule has 1 saturated carbocycles. The van der Waals surface area contributed by atoms with Crippen molar-refractivity contribution in [1.29, 1.82) is 0 Å². The van der Waals surface area contributed by atoms with Gasteiger partial charge in [0.15, 0.2) is 5.96 Å². The Balaban J connectivity index is 1.66. The van der Waals surface area contributed by atoms with E-state index in [0.29, 0.717) is 6.04 Å². The molecule has 2 aromatic rings. The van der Waals surface area contributed by atoms with E-state index in [2.05, 4.69) is 60.7 Å². The van der Waals surface area contributed by atoms with E-state index in [0.717, 1.165) is 31.4 Å². The maximum atomic E-state index is 4.73. The molecule has 1 aliphatic rings. The third-order valence-corrected chi connectivity index (χ3v) is 4.43. The van der Waals surface area contributed by atoms with Gasteiger partial charge >= 0.3 is 0 Å². The molecule has 4 nitrogen and oxygen atoms in total. The lowest BCUT2D eigenvalue weighted by molar-refractivity contribution is 0.765. The van der Waals surface area contributed by atoms with Crippen LogP contribution in [0.5, 0.6) is 0 Å². The van der Waals surface area contributed by atoms with Crippen LogP contribution in [-0.4, -0.2) is 30.1 Å². The lowest BCUT2D eigenvalue weighted by atomic mass is 10.1. The van der Waals surface area contributed by atoms with Crippen molar-refractivity contribution in [3.05, 3.63) is 35.5 Å². The maximum absolute atomic E-state index is 4.73. The number of aromatic nitrogens is 1. The Morgan fingerprint density at radius 3 is 2.86 bits per heavy atom. The summed E-state index contributed by atoms with van der Waals surface area (Å²) in [5, 5.41) is 8.17. The zero-order valence-corrected chi connectivity index (χ0v) is 13.7. The van der Waals surface area contributed by atoms with E-state index >= 15 is 0 Å². The normalized spacial score (nSPS) is 21.1. The average Bonchev–Trinajstić information content (AvgIpc) is 3.09. The van der Waals surface area contributed by atoms with Crippen molar-refractivity contribution >= 4 is 16.9 Å². The molecule has 4 heteroatoms. The molecule has 0 aliphatic heterocycles. The number of aryl methyl sites for hydroxylation is 1. The summed E-state index contributed by atoms with van der Waals surface area (Å²) in [6, 6.07) is 9.10. The van der Waals surface area contributed by atoms with E-state index < -0.39 is 0 Å². The molecule has 3 rings (SSSR count). The second-order valence-electron chi connectivity index (χ2n) is 6.25. The average molecular weight is 298 g/mol. The fourth-order valence-electron chi connectivity index (χ4n) is 2.96. The highest BCUT2D eigenvalue weighted by atomic mass is 15.2. The summed E-state index contributed by atoms with van der Waals surface area (Å²) in [5.41, 5.74) is 3.86. The number of H-pyrrole nitrogens is 1. The topological polar surface area (TPSA) is 52.2 Å². The Bertz CT molecular complexity index is 671. The number of aromatic amines is 1. The van der Waals surface area contributed by atoms with Crippen molar-refractivity contribution in [1.82, 2.24) is 15.6 Å². The SMILES string of the molecule is CCNC(=NCCc1c(C)[nH]c2ccccc12)NC1CC1C. The highest BCUT2D eigenvalue weighted by Crippen LogP contribution is 2.28. The number of nitrogens with one attached hydrogen (secondary N) is 3. The number of rotatable bonds is 5. The van der Waals surface area contributed by atoms with Gasteiger partial charge in [-0.15, -0.1) is 0 Å². The lowest BCUT2D eigenvalue weighted by Gasteiger charge is -2.10. The van der Waals surface area contributed by atoms with Crippen LogP contribution >= 0.6 is 0 Å². The third kappa shape index (κ3) is 3.26. The molecule has 1 aliphatic carbocycles. The Morgan fingerprint density at radius 2 is 2.14 bits per heavy atom. The molecular weight excluding hydrogens is 272 g/mol. The van der Waals surface area contributed by atoms with Crippen LogP contribution in [0, 0.1) is 12.8 Å². The molecule has 0 saturated heterocycles. The standard InChI is InChI=1S/C18H26N4/c1-4-19-18(22-17-11-12(17)2)20-10-9-14-13(3)21-16-8-6-5-7-15(14)16/h5-8,12,17,21H,4,9-11H2,1-3H3,(H2,19,20,22). The minimum atomic E-state index is 0.604. The number of fused-ring (bicyclic) bond motifs is 1. The molecular formula is C18H26N4. The molecule has 1 aromatic carbocycles. The zero-order chi connectivity index (χ0) is 15.5. The van der Waals surface area contributed by atoms with Gasteiger partial charge < -0.3 is 15.6 Å². The maximum Gasteiger partial charge on any atom is 0.191 e. The van der Waals surface area contributed by atoms with Gasteiger partial charge in [-0.1, -0.05) is 25.1 Å². The van der Waals surface area contributed by atoms with Gasteiger partial charge in [-0.3, -0.25) is 4.99 Å². The molecule has 1 heterocycles. The van der Waals surface area contributed by atoms with Crippen LogP contribution in [-0.2, 0) is 6.42 Å². The highest BCUT2D eigenvalue weighted by molar-refractivity contribution is 5.84. The number of hydrogen-bond acceptors (Lipinski definition) is 1. The molecule has 3 N–H and O–H groups in total. The molecule has 0 bridgehead atoms. The molecule has 118 valence electrons. The van der Waals surface area contributed by atoms with Gasteiger partial charge in [-0.05, 0) is 44.2 Å². The fraction of sp³-hybridized carbons (Fsp3) is 0.500. The smallest absolute Gasteiger partial charge is 0.191 e. The largest absolute Gasteiger partial charge is 0.358 e. The monoisotopic (exact) mass is 298 g/mol. The Labute approximate surface area is 132 Å². The number of para-hydroxylation sites is 1. The molecule has 1 fully saturated rings. The summed E-state index contributed by atoms with van der Waals surface area (Å²) in [6.07, 6.45) is 2.22. The van der Waals surface area contributed by atoms with Gasteiger partial charge in [0, 0.05) is 35.7 Å². The van der Waals surface area contributed by atoms with E-state index in [4.69, 9.17) is 4.99 Å². The fourth-order valence-corrected chi connectivity index (χ4v) is 2.96. The summed E-state index contributed by atoms with van der Waals surface area (Å²) >= 11 is 0. The summed E-state index contributed by atoms with van der Waals surface area (Å²) in [4.78, 5) is 8.19. The minimum Gasteiger partial charge on any atom is -0.358 e. The second kappa shape index (κ2) is 6.42. The van der Waals surface area contributed by atoms with Crippen LogP contribution in [0.15, 0.2) is 29.3 Å². The van der Waals surface area contributed by atoms with Crippen LogP contribution in [0.1, 0.15) is 31.5 Å². The Kier molecular flexibility index (Phi) is 4.36. The number of hydrogen-bond donors (Lipinski definition) is 3. The first-order valence-corrected chi connectivity index (χ1v) is 8.30. The first-order valence-electron chi connectivity index (χ1n) is 8.30. The number of benzene rings is 1. The van der Waals surface area contributed by atoms with Gasteiger partial charge in [-0.25, -0.2) is 0 Å². The van der Waals surface area contributed by atoms with Crippen molar-refractivity contribution < 1.29 is 0 Å². The Morgan fingerprint density at radius 1 is 1.36 bits per heavy atom. The second-order valence-corrected chi connectivity index (χ2v) is 6.25. The molecule has 2 atom stereocenters. The van der Waals surface area contributed by atoms with Gasteiger partial charge in [0.2, 0.25) is 0 Å². The number of aliphatic imine (C=N–C) groups is 1. The molecule has 0 radical (unpaired) electrons. The van der Waals surface area contributed by atoms with Crippen LogP contribution in [0.3, 0.4) is 0 Å². The van der Waals surface area contributed by atoms with E-state index in [9.17, 15) is 0 Å². The van der Waals surface area contributed by atoms with Crippen molar-refractivity contribution in [3.8, 4) is 0 Å². The zero-order valence-electron chi connectivity index (χ0n) is 13.7. The molecule has 2 unspecified atom stereocenters. The van der Waals surface area contributed by atoms with E-state index in [1.165, 1.54) is 28.6 Å². The molecule has 0 spiro atoms. The van der Waals surface area contributed by atoms with Crippen molar-refractivity contribution in [2.45, 2.75) is 39.7 Å². The van der Waals surface area contributed by atoms with Crippen molar-refractivity contribution in [2.24, 2.45) is 10.9 Å². The number of nitrogens with zero attached hydrogens (tertiary/aromatic N) is 1. The van der Waals surface area contributed by atoms with Crippen LogP contribution in [0.2, 0.25) is 0 Å². The Hall–Kier alpha value is -1.97. The van der Waals surface area contributed by atoms with Crippen LogP contribution < -0.4 is 10.6 Å². The summed E-state index contributed by atoms with van der Waals surface area (Å²) in [6.45, 7) is 8.24. The van der Waals surface area contributed by atoms with E-state index in [1.807, 2.05) is 0 Å². The number of guanidine groups is 1. The molecule has 22 heavy (non-hydrogen) atoms. The van der Waals surface area contributed by atoms with Gasteiger partial charge in [0.1, 0.15) is 0 Å². The highest BCUT2D eigenvalue weighted by Gasteiger charge is 2.33. The first kappa shape index (κ1) is 14.9. The summed E-state index contributed by atoms with van der Waals surface area (Å²) in [7, 11) is 0. The van der Waals surface area contributed by atoms with Crippen LogP contribution in [0.4, 0.5) is 0 Å². The summed E-state index contributed by atoms with van der Waals surface area (Å²) < 4.78 is 0. The lowest BCUT2D eigenvalue weighted by Crippen LogP contribution is -2.39. The molecule has 1 aromatic heterocycles. The van der Waals surface area contributed by atoms with Gasteiger partial charge in [0.05, 0.1) is 0 Å². The third-order valence-electron chi connectivity index (χ3n) is 4.43. The van der Waals surface area contributed by atoms with E-state index in [1.54, 1.807) is 0 Å². The summed E-state index contributed by atoms with van der Waals surface area (Å²) in [5.74, 6) is 1.73. The first-order chi connectivity index (χ1) is 10.7. The predicted octanol–water partition coefficient (Wildman–Crippen LogP) is 2.98. The van der Waals surface area contributed by atoms with Crippen LogP contribution in [0.25, 0.3) is 10.9 Å². The quantitative estimate of drug-likeness (QED) is 0.587. The van der Waals surface area contributed by atoms with Crippen molar-refractivity contribution in [2.75, 3.05) is 13.1 Å². The van der Waals surface area contributed by atoms with E-state index in [-0.39, 0.29) is 0 Å². The molecule has 0 amide bonds. The minimum absolute atomic E-state index is 0.604. The van der Waals surface area contributed by atoms with Gasteiger partial charge in [-0.2, -0.15) is 0 Å². The predicted molar refractivity (Wildman–Crippen MR) is 93.4 cm³/mol. The van der Waals surface area contributed by atoms with Gasteiger partial charge in [0.25, 0.3) is 0 Å².